The van der Waals surface area contributed by atoms with Gasteiger partial charge in [0, 0.05) is 31.3 Å². The van der Waals surface area contributed by atoms with Gasteiger partial charge in [0.25, 0.3) is 5.91 Å². The number of amides is 2. The predicted molar refractivity (Wildman–Crippen MR) is 99.5 cm³/mol. The fourth-order valence-electron chi connectivity index (χ4n) is 3.30. The molecule has 4 heteroatoms. The minimum Gasteiger partial charge on any atom is -0.343 e. The highest BCUT2D eigenvalue weighted by atomic mass is 16.2. The topological polar surface area (TPSA) is 49.4 Å². The van der Waals surface area contributed by atoms with Crippen molar-refractivity contribution in [2.24, 2.45) is 5.92 Å². The standard InChI is InChI=1S/C21H24N2O2/c1-16(24)23-13-11-18(12-14-23)15-17-7-9-19(10-8-17)21(25)22-20-5-3-2-4-6-20/h2-10,18H,11-15H2,1H3,(H,22,25). The summed E-state index contributed by atoms with van der Waals surface area (Å²) in [5, 5.41) is 2.90. The van der Waals surface area contributed by atoms with E-state index in [0.717, 1.165) is 38.0 Å². The van der Waals surface area contributed by atoms with Gasteiger partial charge in [-0.25, -0.2) is 0 Å². The molecule has 2 aromatic carbocycles. The minimum absolute atomic E-state index is 0.0903. The molecule has 0 aromatic heterocycles. The Labute approximate surface area is 148 Å². The molecule has 1 saturated heterocycles. The van der Waals surface area contributed by atoms with Crippen LogP contribution in [0.4, 0.5) is 5.69 Å². The van der Waals surface area contributed by atoms with Crippen molar-refractivity contribution in [2.75, 3.05) is 18.4 Å². The van der Waals surface area contributed by atoms with Gasteiger partial charge in [-0.1, -0.05) is 30.3 Å². The Bertz CT molecular complexity index is 717. The van der Waals surface area contributed by atoms with E-state index < -0.39 is 0 Å². The summed E-state index contributed by atoms with van der Waals surface area (Å²) in [7, 11) is 0. The molecular formula is C21H24N2O2. The Morgan fingerprint density at radius 3 is 2.24 bits per heavy atom. The first kappa shape index (κ1) is 17.2. The Hall–Kier alpha value is -2.62. The summed E-state index contributed by atoms with van der Waals surface area (Å²) in [6.45, 7) is 3.36. The number of rotatable bonds is 4. The molecule has 25 heavy (non-hydrogen) atoms. The maximum Gasteiger partial charge on any atom is 0.255 e. The quantitative estimate of drug-likeness (QED) is 0.924. The van der Waals surface area contributed by atoms with Crippen LogP contribution in [0.1, 0.15) is 35.7 Å². The van der Waals surface area contributed by atoms with E-state index in [4.69, 9.17) is 0 Å². The lowest BCUT2D eigenvalue weighted by atomic mass is 9.90. The van der Waals surface area contributed by atoms with E-state index in [1.54, 1.807) is 6.92 Å². The normalized spacial score (nSPS) is 15.0. The molecule has 3 rings (SSSR count). The third-order valence-electron chi connectivity index (χ3n) is 4.83. The van der Waals surface area contributed by atoms with Gasteiger partial charge in [0.1, 0.15) is 0 Å². The van der Waals surface area contributed by atoms with Crippen molar-refractivity contribution in [3.63, 3.8) is 0 Å². The van der Waals surface area contributed by atoms with Crippen molar-refractivity contribution in [2.45, 2.75) is 26.2 Å². The molecule has 2 aromatic rings. The van der Waals surface area contributed by atoms with Crippen molar-refractivity contribution in [3.8, 4) is 0 Å². The first-order valence-electron chi connectivity index (χ1n) is 8.82. The molecule has 0 atom stereocenters. The molecule has 1 heterocycles. The SMILES string of the molecule is CC(=O)N1CCC(Cc2ccc(C(=O)Nc3ccccc3)cc2)CC1. The van der Waals surface area contributed by atoms with E-state index in [1.807, 2.05) is 59.5 Å². The van der Waals surface area contributed by atoms with Gasteiger partial charge in [0.2, 0.25) is 5.91 Å². The fourth-order valence-corrected chi connectivity index (χ4v) is 3.30. The highest BCUT2D eigenvalue weighted by molar-refractivity contribution is 6.04. The molecule has 0 bridgehead atoms. The van der Waals surface area contributed by atoms with Crippen LogP contribution in [0.3, 0.4) is 0 Å². The van der Waals surface area contributed by atoms with Crippen LogP contribution in [-0.4, -0.2) is 29.8 Å². The van der Waals surface area contributed by atoms with Crippen LogP contribution in [0.15, 0.2) is 54.6 Å². The molecule has 0 spiro atoms. The van der Waals surface area contributed by atoms with Crippen LogP contribution >= 0.6 is 0 Å². The van der Waals surface area contributed by atoms with Gasteiger partial charge in [0.05, 0.1) is 0 Å². The van der Waals surface area contributed by atoms with E-state index in [0.29, 0.717) is 11.5 Å². The largest absolute Gasteiger partial charge is 0.343 e. The van der Waals surface area contributed by atoms with Crippen molar-refractivity contribution in [1.29, 1.82) is 0 Å². The second kappa shape index (κ2) is 7.97. The third-order valence-corrected chi connectivity index (χ3v) is 4.83. The average molecular weight is 336 g/mol. The van der Waals surface area contributed by atoms with Gasteiger partial charge in [-0.05, 0) is 55.0 Å². The maximum absolute atomic E-state index is 12.3. The number of nitrogens with one attached hydrogen (secondary N) is 1. The first-order chi connectivity index (χ1) is 12.1. The lowest BCUT2D eigenvalue weighted by Crippen LogP contribution is -2.37. The van der Waals surface area contributed by atoms with Gasteiger partial charge in [0.15, 0.2) is 0 Å². The molecule has 130 valence electrons. The number of carbonyl (C=O) groups is 2. The van der Waals surface area contributed by atoms with Crippen LogP contribution in [0.5, 0.6) is 0 Å². The maximum atomic E-state index is 12.3. The zero-order valence-electron chi connectivity index (χ0n) is 14.6. The zero-order valence-corrected chi connectivity index (χ0v) is 14.6. The van der Waals surface area contributed by atoms with Crippen LogP contribution in [-0.2, 0) is 11.2 Å². The summed E-state index contributed by atoms with van der Waals surface area (Å²) in [6.07, 6.45) is 3.11. The van der Waals surface area contributed by atoms with E-state index in [1.165, 1.54) is 5.56 Å². The monoisotopic (exact) mass is 336 g/mol. The first-order valence-corrected chi connectivity index (χ1v) is 8.82. The summed E-state index contributed by atoms with van der Waals surface area (Å²) in [5.74, 6) is 0.694. The molecule has 0 radical (unpaired) electrons. The fraction of sp³-hybridized carbons (Fsp3) is 0.333. The van der Waals surface area contributed by atoms with E-state index in [9.17, 15) is 9.59 Å². The minimum atomic E-state index is -0.0903. The van der Waals surface area contributed by atoms with Crippen LogP contribution in [0.25, 0.3) is 0 Å². The third kappa shape index (κ3) is 4.69. The number of likely N-dealkylation sites (tertiary alicyclic amines) is 1. The number of hydrogen-bond donors (Lipinski definition) is 1. The highest BCUT2D eigenvalue weighted by Gasteiger charge is 2.20. The number of nitrogens with zero attached hydrogens (tertiary/aromatic N) is 1. The van der Waals surface area contributed by atoms with Crippen molar-refractivity contribution < 1.29 is 9.59 Å². The number of para-hydroxylation sites is 1. The smallest absolute Gasteiger partial charge is 0.255 e. The summed E-state index contributed by atoms with van der Waals surface area (Å²) in [6, 6.07) is 17.3. The molecule has 1 aliphatic rings. The van der Waals surface area contributed by atoms with Gasteiger partial charge in [-0.15, -0.1) is 0 Å². The Kier molecular flexibility index (Phi) is 5.49. The molecule has 2 amide bonds. The van der Waals surface area contributed by atoms with Gasteiger partial charge >= 0.3 is 0 Å². The van der Waals surface area contributed by atoms with Crippen LogP contribution in [0, 0.1) is 5.92 Å². The summed E-state index contributed by atoms with van der Waals surface area (Å²) < 4.78 is 0. The zero-order chi connectivity index (χ0) is 17.6. The Morgan fingerprint density at radius 2 is 1.64 bits per heavy atom. The summed E-state index contributed by atoms with van der Waals surface area (Å²) in [5.41, 5.74) is 2.71. The average Bonchev–Trinajstić information content (AvgIpc) is 2.63. The second-order valence-electron chi connectivity index (χ2n) is 6.67. The summed E-state index contributed by atoms with van der Waals surface area (Å²) in [4.78, 5) is 25.6. The molecule has 0 aliphatic carbocycles. The van der Waals surface area contributed by atoms with E-state index in [2.05, 4.69) is 5.32 Å². The lowest BCUT2D eigenvalue weighted by Gasteiger charge is -2.31. The number of piperidine rings is 1. The Morgan fingerprint density at radius 1 is 1.00 bits per heavy atom. The second-order valence-corrected chi connectivity index (χ2v) is 6.67. The molecule has 1 N–H and O–H groups in total. The van der Waals surface area contributed by atoms with Crippen LogP contribution in [0.2, 0.25) is 0 Å². The number of hydrogen-bond acceptors (Lipinski definition) is 2. The van der Waals surface area contributed by atoms with Gasteiger partial charge in [-0.2, -0.15) is 0 Å². The predicted octanol–water partition coefficient (Wildman–Crippen LogP) is 3.74. The molecular weight excluding hydrogens is 312 g/mol. The molecule has 4 nitrogen and oxygen atoms in total. The lowest BCUT2D eigenvalue weighted by molar-refractivity contribution is -0.130. The molecule has 1 fully saturated rings. The summed E-state index contributed by atoms with van der Waals surface area (Å²) >= 11 is 0. The van der Waals surface area contributed by atoms with Crippen molar-refractivity contribution in [3.05, 3.63) is 65.7 Å². The number of benzene rings is 2. The molecule has 0 unspecified atom stereocenters. The van der Waals surface area contributed by atoms with E-state index >= 15 is 0 Å². The molecule has 0 saturated carbocycles. The van der Waals surface area contributed by atoms with Crippen LogP contribution < -0.4 is 5.32 Å². The van der Waals surface area contributed by atoms with E-state index in [-0.39, 0.29) is 11.8 Å². The number of anilines is 1. The van der Waals surface area contributed by atoms with Gasteiger partial charge < -0.3 is 10.2 Å². The highest BCUT2D eigenvalue weighted by Crippen LogP contribution is 2.22. The Balaban J connectivity index is 1.54. The van der Waals surface area contributed by atoms with Crippen molar-refractivity contribution in [1.82, 2.24) is 4.90 Å². The number of carbonyl (C=O) groups excluding carboxylic acids is 2. The molecule has 1 aliphatic heterocycles. The van der Waals surface area contributed by atoms with Crippen molar-refractivity contribution >= 4 is 17.5 Å². The van der Waals surface area contributed by atoms with Gasteiger partial charge in [-0.3, -0.25) is 9.59 Å².